The summed E-state index contributed by atoms with van der Waals surface area (Å²) in [6.07, 6.45) is 6.56. The van der Waals surface area contributed by atoms with E-state index in [1.165, 1.54) is 32.1 Å². The van der Waals surface area contributed by atoms with Crippen molar-refractivity contribution in [2.24, 2.45) is 5.92 Å². The van der Waals surface area contributed by atoms with Gasteiger partial charge in [-0.1, -0.05) is 13.3 Å². The van der Waals surface area contributed by atoms with E-state index >= 15 is 0 Å². The van der Waals surface area contributed by atoms with Gasteiger partial charge in [-0.05, 0) is 52.4 Å². The fraction of sp³-hybridized carbons (Fsp3) is 1.00. The third kappa shape index (κ3) is 2.43. The summed E-state index contributed by atoms with van der Waals surface area (Å²) in [5.41, 5.74) is 0.262. The van der Waals surface area contributed by atoms with Crippen molar-refractivity contribution >= 4 is 0 Å². The minimum atomic E-state index is 0.0302. The van der Waals surface area contributed by atoms with Crippen LogP contribution < -0.4 is 0 Å². The Balaban J connectivity index is 1.82. The lowest BCUT2D eigenvalue weighted by atomic mass is 9.75. The minimum Gasteiger partial charge on any atom is -0.375 e. The first-order valence-corrected chi connectivity index (χ1v) is 6.80. The molecular formula is C14H26O2. The summed E-state index contributed by atoms with van der Waals surface area (Å²) in [6, 6.07) is 0. The van der Waals surface area contributed by atoms with Crippen LogP contribution in [0, 0.1) is 5.92 Å². The summed E-state index contributed by atoms with van der Waals surface area (Å²) in [5.74, 6) is 0.671. The largest absolute Gasteiger partial charge is 0.375 e. The number of epoxide rings is 1. The van der Waals surface area contributed by atoms with Gasteiger partial charge < -0.3 is 9.47 Å². The Labute approximate surface area is 99.7 Å². The molecule has 0 amide bonds. The molecule has 0 radical (unpaired) electrons. The summed E-state index contributed by atoms with van der Waals surface area (Å²) in [7, 11) is 0. The standard InChI is InChI=1S/C14H26O2/c1-5-6-9-15-13(2,3)11-7-8-14(4)12(10-11)16-14/h11-12H,5-10H2,1-4H3. The van der Waals surface area contributed by atoms with E-state index in [1.807, 2.05) is 0 Å². The smallest absolute Gasteiger partial charge is 0.0920 e. The zero-order valence-electron chi connectivity index (χ0n) is 11.2. The van der Waals surface area contributed by atoms with E-state index in [4.69, 9.17) is 9.47 Å². The second-order valence-electron chi connectivity index (χ2n) is 6.20. The molecule has 94 valence electrons. The molecule has 2 aliphatic rings. The van der Waals surface area contributed by atoms with Gasteiger partial charge in [0.05, 0.1) is 17.3 Å². The lowest BCUT2D eigenvalue weighted by Gasteiger charge is -2.37. The molecule has 2 rings (SSSR count). The molecule has 1 heterocycles. The van der Waals surface area contributed by atoms with Crippen molar-refractivity contribution in [1.29, 1.82) is 0 Å². The number of ether oxygens (including phenoxy) is 2. The first-order valence-electron chi connectivity index (χ1n) is 6.80. The maximum Gasteiger partial charge on any atom is 0.0920 e. The first kappa shape index (κ1) is 12.4. The van der Waals surface area contributed by atoms with E-state index in [0.717, 1.165) is 6.61 Å². The van der Waals surface area contributed by atoms with Gasteiger partial charge in [-0.3, -0.25) is 0 Å². The van der Waals surface area contributed by atoms with Crippen LogP contribution in [-0.2, 0) is 9.47 Å². The number of hydrogen-bond acceptors (Lipinski definition) is 2. The van der Waals surface area contributed by atoms with Crippen LogP contribution in [0.25, 0.3) is 0 Å². The van der Waals surface area contributed by atoms with Gasteiger partial charge in [0.15, 0.2) is 0 Å². The molecule has 1 aliphatic carbocycles. The van der Waals surface area contributed by atoms with E-state index in [0.29, 0.717) is 12.0 Å². The molecule has 0 spiro atoms. The Morgan fingerprint density at radius 2 is 2.19 bits per heavy atom. The molecule has 16 heavy (non-hydrogen) atoms. The van der Waals surface area contributed by atoms with Crippen LogP contribution in [0.15, 0.2) is 0 Å². The molecule has 1 saturated carbocycles. The summed E-state index contributed by atoms with van der Waals surface area (Å²) < 4.78 is 11.8. The van der Waals surface area contributed by atoms with Crippen molar-refractivity contribution < 1.29 is 9.47 Å². The second kappa shape index (κ2) is 4.30. The van der Waals surface area contributed by atoms with Gasteiger partial charge in [-0.25, -0.2) is 0 Å². The average molecular weight is 226 g/mol. The van der Waals surface area contributed by atoms with Gasteiger partial charge in [0.25, 0.3) is 0 Å². The van der Waals surface area contributed by atoms with Gasteiger partial charge in [0.2, 0.25) is 0 Å². The Hall–Kier alpha value is -0.0800. The van der Waals surface area contributed by atoms with E-state index in [2.05, 4.69) is 27.7 Å². The van der Waals surface area contributed by atoms with Crippen LogP contribution in [-0.4, -0.2) is 23.9 Å². The maximum atomic E-state index is 6.05. The molecule has 2 fully saturated rings. The highest BCUT2D eigenvalue weighted by Crippen LogP contribution is 2.51. The van der Waals surface area contributed by atoms with E-state index in [9.17, 15) is 0 Å². The normalized spacial score (nSPS) is 38.2. The van der Waals surface area contributed by atoms with E-state index in [-0.39, 0.29) is 11.2 Å². The van der Waals surface area contributed by atoms with Crippen molar-refractivity contribution in [3.05, 3.63) is 0 Å². The van der Waals surface area contributed by atoms with Crippen molar-refractivity contribution in [3.63, 3.8) is 0 Å². The van der Waals surface area contributed by atoms with Crippen LogP contribution in [0.2, 0.25) is 0 Å². The lowest BCUT2D eigenvalue weighted by Crippen LogP contribution is -2.39. The molecule has 0 N–H and O–H groups in total. The fourth-order valence-corrected chi connectivity index (χ4v) is 2.87. The molecule has 3 unspecified atom stereocenters. The van der Waals surface area contributed by atoms with Gasteiger partial charge in [-0.2, -0.15) is 0 Å². The molecule has 1 aliphatic heterocycles. The predicted molar refractivity (Wildman–Crippen MR) is 65.6 cm³/mol. The van der Waals surface area contributed by atoms with Gasteiger partial charge in [0, 0.05) is 6.61 Å². The highest BCUT2D eigenvalue weighted by Gasteiger charge is 2.57. The molecular weight excluding hydrogens is 200 g/mol. The molecule has 2 heteroatoms. The van der Waals surface area contributed by atoms with Gasteiger partial charge in [0.1, 0.15) is 0 Å². The fourth-order valence-electron chi connectivity index (χ4n) is 2.87. The number of unbranched alkanes of at least 4 members (excludes halogenated alkanes) is 1. The molecule has 3 atom stereocenters. The van der Waals surface area contributed by atoms with Crippen LogP contribution in [0.3, 0.4) is 0 Å². The second-order valence-corrected chi connectivity index (χ2v) is 6.20. The zero-order chi connectivity index (χ0) is 11.8. The molecule has 0 bridgehead atoms. The first-order chi connectivity index (χ1) is 7.48. The number of rotatable bonds is 5. The van der Waals surface area contributed by atoms with Crippen molar-refractivity contribution in [3.8, 4) is 0 Å². The molecule has 2 nitrogen and oxygen atoms in total. The quantitative estimate of drug-likeness (QED) is 0.528. The summed E-state index contributed by atoms with van der Waals surface area (Å²) in [5, 5.41) is 0. The van der Waals surface area contributed by atoms with Crippen LogP contribution in [0.4, 0.5) is 0 Å². The molecule has 0 aromatic heterocycles. The van der Waals surface area contributed by atoms with Gasteiger partial charge in [-0.15, -0.1) is 0 Å². The third-order valence-corrected chi connectivity index (χ3v) is 4.48. The highest BCUT2D eigenvalue weighted by molar-refractivity contribution is 5.05. The van der Waals surface area contributed by atoms with Crippen LogP contribution in [0.1, 0.15) is 59.8 Å². The van der Waals surface area contributed by atoms with Crippen molar-refractivity contribution in [2.75, 3.05) is 6.61 Å². The average Bonchev–Trinajstić information content (AvgIpc) is 2.88. The van der Waals surface area contributed by atoms with E-state index < -0.39 is 0 Å². The molecule has 1 saturated heterocycles. The Morgan fingerprint density at radius 1 is 1.44 bits per heavy atom. The van der Waals surface area contributed by atoms with E-state index in [1.54, 1.807) is 0 Å². The minimum absolute atomic E-state index is 0.0302. The summed E-state index contributed by atoms with van der Waals surface area (Å²) in [6.45, 7) is 9.86. The monoisotopic (exact) mass is 226 g/mol. The molecule has 0 aromatic carbocycles. The van der Waals surface area contributed by atoms with Gasteiger partial charge >= 0.3 is 0 Å². The van der Waals surface area contributed by atoms with Crippen molar-refractivity contribution in [1.82, 2.24) is 0 Å². The Bertz CT molecular complexity index is 249. The zero-order valence-corrected chi connectivity index (χ0v) is 11.2. The number of fused-ring (bicyclic) bond motifs is 1. The number of hydrogen-bond donors (Lipinski definition) is 0. The predicted octanol–water partition coefficient (Wildman–Crippen LogP) is 3.54. The Kier molecular flexibility index (Phi) is 3.33. The summed E-state index contributed by atoms with van der Waals surface area (Å²) in [4.78, 5) is 0. The maximum absolute atomic E-state index is 6.05. The van der Waals surface area contributed by atoms with Crippen LogP contribution in [0.5, 0.6) is 0 Å². The SMILES string of the molecule is CCCCOC(C)(C)C1CCC2(C)OC2C1. The van der Waals surface area contributed by atoms with Crippen LogP contribution >= 0.6 is 0 Å². The Morgan fingerprint density at radius 3 is 2.81 bits per heavy atom. The summed E-state index contributed by atoms with van der Waals surface area (Å²) >= 11 is 0. The highest BCUT2D eigenvalue weighted by atomic mass is 16.6. The third-order valence-electron chi connectivity index (χ3n) is 4.48. The van der Waals surface area contributed by atoms with Crippen molar-refractivity contribution in [2.45, 2.75) is 77.1 Å². The molecule has 0 aromatic rings. The topological polar surface area (TPSA) is 21.8 Å². The lowest BCUT2D eigenvalue weighted by molar-refractivity contribution is -0.0702.